The van der Waals surface area contributed by atoms with Crippen molar-refractivity contribution < 1.29 is 23.4 Å². The van der Waals surface area contributed by atoms with E-state index in [9.17, 15) is 9.59 Å². The molecule has 32 heavy (non-hydrogen) atoms. The summed E-state index contributed by atoms with van der Waals surface area (Å²) in [6.07, 6.45) is 1.54. The van der Waals surface area contributed by atoms with Crippen LogP contribution in [0.15, 0.2) is 51.9 Å². The van der Waals surface area contributed by atoms with E-state index >= 15 is 0 Å². The lowest BCUT2D eigenvalue weighted by molar-refractivity contribution is 0.0950. The number of nitrogens with zero attached hydrogens (tertiary/aromatic N) is 2. The summed E-state index contributed by atoms with van der Waals surface area (Å²) in [7, 11) is 0. The highest BCUT2D eigenvalue weighted by Gasteiger charge is 2.18. The molecule has 0 aliphatic heterocycles. The number of carbonyl (C=O) groups is 1. The van der Waals surface area contributed by atoms with Crippen LogP contribution in [-0.2, 0) is 6.54 Å². The molecular weight excluding hydrogens is 414 g/mol. The molecule has 0 atom stereocenters. The minimum Gasteiger partial charge on any atom is -0.490 e. The van der Waals surface area contributed by atoms with Crippen LogP contribution in [0.4, 0.5) is 0 Å². The largest absolute Gasteiger partial charge is 0.490 e. The predicted octanol–water partition coefficient (Wildman–Crippen LogP) is 3.13. The molecule has 0 spiro atoms. The monoisotopic (exact) mass is 441 g/mol. The van der Waals surface area contributed by atoms with Crippen LogP contribution in [0.1, 0.15) is 31.1 Å². The van der Waals surface area contributed by atoms with Crippen molar-refractivity contribution in [1.29, 1.82) is 0 Å². The third-order valence-corrected chi connectivity index (χ3v) is 4.42. The van der Waals surface area contributed by atoms with Gasteiger partial charge >= 0.3 is 0 Å². The van der Waals surface area contributed by atoms with Crippen molar-refractivity contribution in [3.63, 3.8) is 0 Å². The lowest BCUT2D eigenvalue weighted by Gasteiger charge is -2.17. The van der Waals surface area contributed by atoms with E-state index in [1.54, 1.807) is 30.3 Å². The quantitative estimate of drug-likeness (QED) is 0.487. The average Bonchev–Trinajstić information content (AvgIpc) is 3.32. The molecule has 2 aromatic heterocycles. The molecule has 1 amide bonds. The molecule has 9 nitrogen and oxygen atoms in total. The molecule has 1 N–H and O–H groups in total. The van der Waals surface area contributed by atoms with Crippen molar-refractivity contribution in [3.05, 3.63) is 58.6 Å². The Bertz CT molecular complexity index is 1060. The summed E-state index contributed by atoms with van der Waals surface area (Å²) in [5.74, 6) is 1.58. The highest BCUT2D eigenvalue weighted by molar-refractivity contribution is 5.95. The Balaban J connectivity index is 1.73. The Morgan fingerprint density at radius 1 is 1.03 bits per heavy atom. The number of aromatic nitrogens is 2. The van der Waals surface area contributed by atoms with Crippen LogP contribution in [0, 0.1) is 0 Å². The molecule has 1 aromatic carbocycles. The van der Waals surface area contributed by atoms with Gasteiger partial charge in [0.1, 0.15) is 5.69 Å². The van der Waals surface area contributed by atoms with Gasteiger partial charge < -0.3 is 23.9 Å². The molecule has 170 valence electrons. The van der Waals surface area contributed by atoms with E-state index in [0.717, 1.165) is 0 Å². The second kappa shape index (κ2) is 11.0. The van der Waals surface area contributed by atoms with Gasteiger partial charge in [0.2, 0.25) is 5.75 Å². The van der Waals surface area contributed by atoms with E-state index in [4.69, 9.17) is 18.6 Å². The summed E-state index contributed by atoms with van der Waals surface area (Å²) in [6.45, 7) is 7.23. The van der Waals surface area contributed by atoms with Gasteiger partial charge in [0.05, 0.1) is 32.6 Å². The molecule has 0 fully saturated rings. The summed E-state index contributed by atoms with van der Waals surface area (Å²) < 4.78 is 23.6. The Morgan fingerprint density at radius 3 is 2.31 bits per heavy atom. The molecule has 0 radical (unpaired) electrons. The molecular formula is C23H27N3O6. The summed E-state index contributed by atoms with van der Waals surface area (Å²) >= 11 is 0. The van der Waals surface area contributed by atoms with Gasteiger partial charge in [-0.25, -0.2) is 4.68 Å². The molecule has 0 unspecified atom stereocenters. The summed E-state index contributed by atoms with van der Waals surface area (Å²) in [5, 5.41) is 7.10. The summed E-state index contributed by atoms with van der Waals surface area (Å²) in [4.78, 5) is 24.9. The molecule has 2 heterocycles. The minimum atomic E-state index is -0.329. The first kappa shape index (κ1) is 22.9. The van der Waals surface area contributed by atoms with Gasteiger partial charge in [-0.15, -0.1) is 0 Å². The zero-order chi connectivity index (χ0) is 22.9. The molecule has 0 saturated heterocycles. The number of benzene rings is 1. The molecule has 0 aliphatic rings. The van der Waals surface area contributed by atoms with Crippen LogP contribution >= 0.6 is 0 Å². The summed E-state index contributed by atoms with van der Waals surface area (Å²) in [5.41, 5.74) is 0.632. The highest BCUT2D eigenvalue weighted by Crippen LogP contribution is 2.39. The molecule has 0 saturated carbocycles. The number of hydrogen-bond acceptors (Lipinski definition) is 7. The second-order valence-corrected chi connectivity index (χ2v) is 6.61. The number of ether oxygens (including phenoxy) is 3. The van der Waals surface area contributed by atoms with Gasteiger partial charge in [0.25, 0.3) is 11.5 Å². The van der Waals surface area contributed by atoms with Crippen molar-refractivity contribution in [3.8, 4) is 28.7 Å². The highest BCUT2D eigenvalue weighted by atomic mass is 16.5. The maximum absolute atomic E-state index is 12.8. The van der Waals surface area contributed by atoms with Crippen LogP contribution in [0.5, 0.6) is 17.2 Å². The van der Waals surface area contributed by atoms with E-state index in [2.05, 4.69) is 10.4 Å². The molecule has 3 aromatic rings. The van der Waals surface area contributed by atoms with Crippen molar-refractivity contribution in [2.45, 2.75) is 27.3 Å². The van der Waals surface area contributed by atoms with Crippen LogP contribution < -0.4 is 25.1 Å². The Hall–Kier alpha value is -3.75. The molecule has 0 bridgehead atoms. The van der Waals surface area contributed by atoms with Gasteiger partial charge in [0, 0.05) is 18.2 Å². The number of nitrogens with one attached hydrogen (secondary N) is 1. The fraction of sp³-hybridized carbons (Fsp3) is 0.348. The minimum absolute atomic E-state index is 0.201. The number of hydrogen-bond donors (Lipinski definition) is 1. The molecule has 3 rings (SSSR count). The number of carbonyl (C=O) groups excluding carboxylic acids is 1. The molecule has 0 aliphatic carbocycles. The molecule has 9 heteroatoms. The van der Waals surface area contributed by atoms with Crippen LogP contribution in [0.3, 0.4) is 0 Å². The van der Waals surface area contributed by atoms with Gasteiger partial charge in [-0.3, -0.25) is 9.59 Å². The maximum Gasteiger partial charge on any atom is 0.266 e. The third-order valence-electron chi connectivity index (χ3n) is 4.42. The van der Waals surface area contributed by atoms with Crippen molar-refractivity contribution in [1.82, 2.24) is 15.1 Å². The SMILES string of the molecule is CCOc1cc(C(=O)NCCn2nc(-c3ccco3)ccc2=O)cc(OCC)c1OCC. The second-order valence-electron chi connectivity index (χ2n) is 6.61. The predicted molar refractivity (Wildman–Crippen MR) is 118 cm³/mol. The Morgan fingerprint density at radius 2 is 1.72 bits per heavy atom. The van der Waals surface area contributed by atoms with E-state index < -0.39 is 0 Å². The topological polar surface area (TPSA) is 105 Å². The van der Waals surface area contributed by atoms with E-state index in [0.29, 0.717) is 54.1 Å². The fourth-order valence-electron chi connectivity index (χ4n) is 3.06. The zero-order valence-electron chi connectivity index (χ0n) is 18.4. The standard InChI is InChI=1S/C23H27N3O6/c1-4-29-19-14-16(15-20(30-5-2)22(19)31-6-3)23(28)24-11-12-26-21(27)10-9-17(25-26)18-8-7-13-32-18/h7-10,13-15H,4-6,11-12H2,1-3H3,(H,24,28). The Labute approximate surface area is 185 Å². The Kier molecular flexibility index (Phi) is 7.91. The lowest BCUT2D eigenvalue weighted by atomic mass is 10.1. The van der Waals surface area contributed by atoms with Gasteiger partial charge in [-0.1, -0.05) is 0 Å². The number of furan rings is 1. The van der Waals surface area contributed by atoms with Gasteiger partial charge in [-0.05, 0) is 51.1 Å². The van der Waals surface area contributed by atoms with E-state index in [1.807, 2.05) is 20.8 Å². The van der Waals surface area contributed by atoms with Crippen molar-refractivity contribution >= 4 is 5.91 Å². The van der Waals surface area contributed by atoms with Crippen LogP contribution in [0.25, 0.3) is 11.5 Å². The van der Waals surface area contributed by atoms with Crippen LogP contribution in [-0.4, -0.2) is 42.1 Å². The number of amides is 1. The fourth-order valence-corrected chi connectivity index (χ4v) is 3.06. The van der Waals surface area contributed by atoms with Crippen molar-refractivity contribution in [2.24, 2.45) is 0 Å². The zero-order valence-corrected chi connectivity index (χ0v) is 18.4. The van der Waals surface area contributed by atoms with Crippen molar-refractivity contribution in [2.75, 3.05) is 26.4 Å². The normalized spacial score (nSPS) is 10.6. The third kappa shape index (κ3) is 5.48. The number of rotatable bonds is 11. The first-order chi connectivity index (χ1) is 15.6. The van der Waals surface area contributed by atoms with Gasteiger partial charge in [0.15, 0.2) is 17.3 Å². The lowest BCUT2D eigenvalue weighted by Crippen LogP contribution is -2.32. The van der Waals surface area contributed by atoms with E-state index in [-0.39, 0.29) is 24.6 Å². The first-order valence-electron chi connectivity index (χ1n) is 10.5. The van der Waals surface area contributed by atoms with Gasteiger partial charge in [-0.2, -0.15) is 5.10 Å². The summed E-state index contributed by atoms with van der Waals surface area (Å²) in [6, 6.07) is 9.76. The average molecular weight is 441 g/mol. The maximum atomic E-state index is 12.8. The smallest absolute Gasteiger partial charge is 0.266 e. The van der Waals surface area contributed by atoms with E-state index in [1.165, 1.54) is 17.0 Å². The first-order valence-corrected chi connectivity index (χ1v) is 10.5. The van der Waals surface area contributed by atoms with Crippen LogP contribution in [0.2, 0.25) is 0 Å².